The van der Waals surface area contributed by atoms with Crippen molar-refractivity contribution in [1.82, 2.24) is 10.2 Å². The maximum atomic E-state index is 12.8. The minimum atomic E-state index is -0.413. The van der Waals surface area contributed by atoms with Crippen LogP contribution in [0.5, 0.6) is 0 Å². The van der Waals surface area contributed by atoms with Gasteiger partial charge in [0.25, 0.3) is 0 Å². The zero-order valence-corrected chi connectivity index (χ0v) is 14.5. The molecule has 0 aromatic carbocycles. The summed E-state index contributed by atoms with van der Waals surface area (Å²) < 4.78 is 0. The summed E-state index contributed by atoms with van der Waals surface area (Å²) in [4.78, 5) is 27.0. The van der Waals surface area contributed by atoms with Gasteiger partial charge in [0.15, 0.2) is 0 Å². The quantitative estimate of drug-likeness (QED) is 0.811. The van der Waals surface area contributed by atoms with Gasteiger partial charge < -0.3 is 10.2 Å². The molecular formula is C17H30N2O2. The topological polar surface area (TPSA) is 49.4 Å². The second-order valence-electron chi connectivity index (χ2n) is 7.73. The number of hydrogen-bond acceptors (Lipinski definition) is 2. The largest absolute Gasteiger partial charge is 0.342 e. The number of carbonyl (C=O) groups is 2. The molecule has 4 nitrogen and oxygen atoms in total. The molecule has 2 amide bonds. The van der Waals surface area contributed by atoms with Gasteiger partial charge in [-0.05, 0) is 31.6 Å². The zero-order chi connectivity index (χ0) is 16.4. The van der Waals surface area contributed by atoms with E-state index in [1.165, 1.54) is 0 Å². The van der Waals surface area contributed by atoms with Gasteiger partial charge in [-0.25, -0.2) is 0 Å². The zero-order valence-electron chi connectivity index (χ0n) is 14.5. The van der Waals surface area contributed by atoms with Crippen molar-refractivity contribution in [3.63, 3.8) is 0 Å². The highest BCUT2D eigenvalue weighted by Crippen LogP contribution is 2.29. The second kappa shape index (κ2) is 6.63. The van der Waals surface area contributed by atoms with Crippen LogP contribution in [-0.4, -0.2) is 35.3 Å². The van der Waals surface area contributed by atoms with Crippen molar-refractivity contribution in [2.24, 2.45) is 11.3 Å². The lowest BCUT2D eigenvalue weighted by molar-refractivity contribution is -0.153. The predicted molar refractivity (Wildman–Crippen MR) is 85.8 cm³/mol. The van der Waals surface area contributed by atoms with Crippen molar-refractivity contribution < 1.29 is 9.59 Å². The molecule has 1 rings (SSSR count). The number of nitrogens with one attached hydrogen (secondary N) is 1. The third-order valence-electron chi connectivity index (χ3n) is 3.68. The van der Waals surface area contributed by atoms with Crippen LogP contribution in [0.25, 0.3) is 0 Å². The van der Waals surface area contributed by atoms with E-state index in [4.69, 9.17) is 0 Å². The molecule has 1 aliphatic heterocycles. The van der Waals surface area contributed by atoms with E-state index in [0.717, 1.165) is 5.57 Å². The molecule has 0 bridgehead atoms. The molecule has 0 spiro atoms. The molecule has 1 aliphatic rings. The third-order valence-corrected chi connectivity index (χ3v) is 3.68. The van der Waals surface area contributed by atoms with Gasteiger partial charge in [-0.2, -0.15) is 0 Å². The van der Waals surface area contributed by atoms with Crippen LogP contribution in [0.4, 0.5) is 0 Å². The highest BCUT2D eigenvalue weighted by molar-refractivity contribution is 5.97. The van der Waals surface area contributed by atoms with Crippen LogP contribution in [-0.2, 0) is 9.59 Å². The Morgan fingerprint density at radius 2 is 1.86 bits per heavy atom. The van der Waals surface area contributed by atoms with E-state index >= 15 is 0 Å². The van der Waals surface area contributed by atoms with Gasteiger partial charge in [0, 0.05) is 6.54 Å². The van der Waals surface area contributed by atoms with Crippen molar-refractivity contribution in [3.05, 3.63) is 11.6 Å². The van der Waals surface area contributed by atoms with Gasteiger partial charge >= 0.3 is 0 Å². The molecule has 1 fully saturated rings. The molecule has 120 valence electrons. The Morgan fingerprint density at radius 1 is 1.29 bits per heavy atom. The Labute approximate surface area is 129 Å². The average Bonchev–Trinajstić information content (AvgIpc) is 2.28. The van der Waals surface area contributed by atoms with Crippen molar-refractivity contribution in [2.45, 2.75) is 67.0 Å². The van der Waals surface area contributed by atoms with Gasteiger partial charge in [-0.1, -0.05) is 46.3 Å². The number of hydrogen-bond donors (Lipinski definition) is 1. The van der Waals surface area contributed by atoms with Gasteiger partial charge in [0.2, 0.25) is 11.8 Å². The third kappa shape index (κ3) is 4.58. The van der Waals surface area contributed by atoms with E-state index in [9.17, 15) is 9.59 Å². The SMILES string of the molecule is CC(C)=CCN1C(=O)C(CC(C)C)NC(=O)C1C(C)(C)C. The van der Waals surface area contributed by atoms with E-state index in [0.29, 0.717) is 18.9 Å². The Bertz CT molecular complexity index is 429. The number of amides is 2. The Kier molecular flexibility index (Phi) is 5.60. The minimum Gasteiger partial charge on any atom is -0.342 e. The fourth-order valence-corrected chi connectivity index (χ4v) is 2.75. The molecule has 0 aromatic rings. The van der Waals surface area contributed by atoms with E-state index in [2.05, 4.69) is 19.2 Å². The maximum absolute atomic E-state index is 12.8. The molecule has 1 N–H and O–H groups in total. The lowest BCUT2D eigenvalue weighted by Crippen LogP contribution is -2.66. The summed E-state index contributed by atoms with van der Waals surface area (Å²) in [6, 6.07) is -0.800. The molecular weight excluding hydrogens is 264 g/mol. The number of nitrogens with zero attached hydrogens (tertiary/aromatic N) is 1. The number of carbonyl (C=O) groups excluding carboxylic acids is 2. The molecule has 4 heteroatoms. The predicted octanol–water partition coefficient (Wildman–Crippen LogP) is 2.74. The fraction of sp³-hybridized carbons (Fsp3) is 0.765. The molecule has 2 atom stereocenters. The first kappa shape index (κ1) is 17.7. The second-order valence-corrected chi connectivity index (χ2v) is 7.73. The van der Waals surface area contributed by atoms with Crippen molar-refractivity contribution in [2.75, 3.05) is 6.54 Å². The lowest BCUT2D eigenvalue weighted by atomic mass is 9.82. The first-order valence-electron chi connectivity index (χ1n) is 7.78. The summed E-state index contributed by atoms with van der Waals surface area (Å²) in [5.41, 5.74) is 0.875. The molecule has 2 unspecified atom stereocenters. The van der Waals surface area contributed by atoms with Gasteiger partial charge in [-0.3, -0.25) is 9.59 Å². The summed E-state index contributed by atoms with van der Waals surface area (Å²) in [5, 5.41) is 2.92. The smallest absolute Gasteiger partial charge is 0.246 e. The van der Waals surface area contributed by atoms with E-state index in [1.807, 2.05) is 40.7 Å². The van der Waals surface area contributed by atoms with Crippen molar-refractivity contribution >= 4 is 11.8 Å². The van der Waals surface area contributed by atoms with Gasteiger partial charge in [0.05, 0.1) is 0 Å². The normalized spacial score (nSPS) is 23.3. The van der Waals surface area contributed by atoms with E-state index < -0.39 is 6.04 Å². The van der Waals surface area contributed by atoms with Crippen LogP contribution in [0.1, 0.15) is 54.9 Å². The minimum absolute atomic E-state index is 0.0325. The summed E-state index contributed by atoms with van der Waals surface area (Å²) in [5.74, 6) is 0.381. The van der Waals surface area contributed by atoms with Crippen molar-refractivity contribution in [3.8, 4) is 0 Å². The van der Waals surface area contributed by atoms with E-state index in [-0.39, 0.29) is 23.3 Å². The molecule has 0 radical (unpaired) electrons. The number of rotatable bonds is 4. The van der Waals surface area contributed by atoms with Crippen LogP contribution >= 0.6 is 0 Å². The first-order valence-corrected chi connectivity index (χ1v) is 7.78. The van der Waals surface area contributed by atoms with E-state index in [1.54, 1.807) is 4.90 Å². The molecule has 0 saturated carbocycles. The summed E-state index contributed by atoms with van der Waals surface area (Å²) in [6.07, 6.45) is 2.70. The number of piperazine rings is 1. The lowest BCUT2D eigenvalue weighted by Gasteiger charge is -2.44. The van der Waals surface area contributed by atoms with Crippen LogP contribution in [0.3, 0.4) is 0 Å². The molecule has 1 saturated heterocycles. The van der Waals surface area contributed by atoms with Crippen LogP contribution in [0.15, 0.2) is 11.6 Å². The summed E-state index contributed by atoms with van der Waals surface area (Å²) in [7, 11) is 0. The van der Waals surface area contributed by atoms with Crippen molar-refractivity contribution in [1.29, 1.82) is 0 Å². The highest BCUT2D eigenvalue weighted by atomic mass is 16.2. The fourth-order valence-electron chi connectivity index (χ4n) is 2.75. The molecule has 0 aliphatic carbocycles. The molecule has 1 heterocycles. The van der Waals surface area contributed by atoms with Gasteiger partial charge in [0.1, 0.15) is 12.1 Å². The number of allylic oxidation sites excluding steroid dienone is 1. The monoisotopic (exact) mass is 294 g/mol. The molecule has 21 heavy (non-hydrogen) atoms. The maximum Gasteiger partial charge on any atom is 0.246 e. The average molecular weight is 294 g/mol. The highest BCUT2D eigenvalue weighted by Gasteiger charge is 2.45. The summed E-state index contributed by atoms with van der Waals surface area (Å²) in [6.45, 7) is 14.7. The summed E-state index contributed by atoms with van der Waals surface area (Å²) >= 11 is 0. The van der Waals surface area contributed by atoms with Crippen LogP contribution < -0.4 is 5.32 Å². The standard InChI is InChI=1S/C17H30N2O2/c1-11(2)8-9-19-14(17(5,6)7)15(20)18-13(16(19)21)10-12(3)4/h8,12-14H,9-10H2,1-7H3,(H,18,20). The van der Waals surface area contributed by atoms with Crippen LogP contribution in [0.2, 0.25) is 0 Å². The van der Waals surface area contributed by atoms with Crippen LogP contribution in [0, 0.1) is 11.3 Å². The Balaban J connectivity index is 3.08. The first-order chi connectivity index (χ1) is 9.54. The molecule has 0 aromatic heterocycles. The van der Waals surface area contributed by atoms with Gasteiger partial charge in [-0.15, -0.1) is 0 Å². The Hall–Kier alpha value is -1.32. The Morgan fingerprint density at radius 3 is 2.29 bits per heavy atom.